The van der Waals surface area contributed by atoms with E-state index in [2.05, 4.69) is 18.0 Å². The number of nitrogens with zero attached hydrogens (tertiary/aromatic N) is 1. The second-order valence-electron chi connectivity index (χ2n) is 7.70. The molecule has 5 aromatic rings. The zero-order chi connectivity index (χ0) is 20.8. The van der Waals surface area contributed by atoms with Crippen molar-refractivity contribution in [3.8, 4) is 5.75 Å². The lowest BCUT2D eigenvalue weighted by Gasteiger charge is -2.21. The first kappa shape index (κ1) is 18.3. The van der Waals surface area contributed by atoms with Crippen molar-refractivity contribution in [1.82, 2.24) is 9.55 Å². The zero-order valence-corrected chi connectivity index (χ0v) is 16.9. The lowest BCUT2D eigenvalue weighted by Crippen LogP contribution is -2.25. The van der Waals surface area contributed by atoms with Gasteiger partial charge in [-0.05, 0) is 36.2 Å². The Hall–Kier alpha value is -3.79. The highest BCUT2D eigenvalue weighted by Crippen LogP contribution is 2.40. The Morgan fingerprint density at radius 2 is 1.50 bits per heavy atom. The van der Waals surface area contributed by atoms with Crippen molar-refractivity contribution >= 4 is 21.8 Å². The third-order valence-electron chi connectivity index (χ3n) is 6.03. The fourth-order valence-corrected chi connectivity index (χ4v) is 4.48. The van der Waals surface area contributed by atoms with Gasteiger partial charge in [-0.2, -0.15) is 0 Å². The van der Waals surface area contributed by atoms with Crippen molar-refractivity contribution in [1.29, 1.82) is 0 Å². The lowest BCUT2D eigenvalue weighted by atomic mass is 9.86. The van der Waals surface area contributed by atoms with E-state index in [4.69, 9.17) is 0 Å². The van der Waals surface area contributed by atoms with Gasteiger partial charge >= 0.3 is 0 Å². The summed E-state index contributed by atoms with van der Waals surface area (Å²) in [6.07, 6.45) is 0. The van der Waals surface area contributed by atoms with Gasteiger partial charge in [0.2, 0.25) is 0 Å². The first-order valence-corrected chi connectivity index (χ1v) is 10.0. The molecule has 0 aliphatic rings. The molecule has 0 saturated heterocycles. The van der Waals surface area contributed by atoms with Gasteiger partial charge in [-0.25, -0.2) is 0 Å². The molecule has 148 valence electrons. The third kappa shape index (κ3) is 2.65. The molecule has 1 atom stereocenters. The molecular weight excluding hydrogens is 372 g/mol. The lowest BCUT2D eigenvalue weighted by molar-refractivity contribution is 0.470. The molecule has 4 heteroatoms. The van der Waals surface area contributed by atoms with E-state index in [1.807, 2.05) is 72.8 Å². The second kappa shape index (κ2) is 6.92. The number of aromatic amines is 1. The summed E-state index contributed by atoms with van der Waals surface area (Å²) in [7, 11) is 1.76. The molecule has 3 aromatic carbocycles. The molecule has 5 rings (SSSR count). The van der Waals surface area contributed by atoms with Gasteiger partial charge in [0, 0.05) is 29.0 Å². The van der Waals surface area contributed by atoms with Crippen LogP contribution in [0, 0.1) is 6.92 Å². The first-order chi connectivity index (χ1) is 14.6. The summed E-state index contributed by atoms with van der Waals surface area (Å²) < 4.78 is 1.62. The standard InChI is InChI=1S/C26H22N2O2/c1-16-18-12-6-8-14-20(18)27-24(16)22(17-10-4-3-5-11-17)23-25(29)19-13-7-9-15-21(19)28(2)26(23)30/h3-15,22,27,29H,1-2H3. The minimum absolute atomic E-state index is 0.0422. The highest BCUT2D eigenvalue weighted by Gasteiger charge is 2.29. The van der Waals surface area contributed by atoms with Crippen molar-refractivity contribution in [3.05, 3.63) is 112 Å². The number of rotatable bonds is 3. The molecule has 30 heavy (non-hydrogen) atoms. The van der Waals surface area contributed by atoms with Crippen LogP contribution in [0.4, 0.5) is 0 Å². The van der Waals surface area contributed by atoms with Crippen molar-refractivity contribution in [2.24, 2.45) is 7.05 Å². The Morgan fingerprint density at radius 3 is 2.23 bits per heavy atom. The number of aromatic nitrogens is 2. The number of nitrogens with one attached hydrogen (secondary N) is 1. The van der Waals surface area contributed by atoms with Crippen molar-refractivity contribution in [3.63, 3.8) is 0 Å². The average Bonchev–Trinajstić information content (AvgIpc) is 3.12. The van der Waals surface area contributed by atoms with Crippen LogP contribution in [0.2, 0.25) is 0 Å². The van der Waals surface area contributed by atoms with Gasteiger partial charge in [0.15, 0.2) is 0 Å². The quantitative estimate of drug-likeness (QED) is 0.441. The normalized spacial score (nSPS) is 12.5. The number of para-hydroxylation sites is 2. The van der Waals surface area contributed by atoms with Crippen LogP contribution in [-0.2, 0) is 7.05 Å². The van der Waals surface area contributed by atoms with E-state index in [1.165, 1.54) is 0 Å². The smallest absolute Gasteiger partial charge is 0.258 e. The molecule has 0 aliphatic carbocycles. The number of aromatic hydroxyl groups is 1. The molecule has 4 nitrogen and oxygen atoms in total. The van der Waals surface area contributed by atoms with E-state index in [1.54, 1.807) is 11.6 Å². The van der Waals surface area contributed by atoms with Crippen LogP contribution in [0.1, 0.15) is 28.3 Å². The Labute approximate surface area is 174 Å². The van der Waals surface area contributed by atoms with E-state index >= 15 is 0 Å². The Morgan fingerprint density at radius 1 is 0.867 bits per heavy atom. The minimum Gasteiger partial charge on any atom is -0.507 e. The maximum Gasteiger partial charge on any atom is 0.258 e. The van der Waals surface area contributed by atoms with Crippen LogP contribution >= 0.6 is 0 Å². The molecule has 0 bridgehead atoms. The number of hydrogen-bond acceptors (Lipinski definition) is 2. The van der Waals surface area contributed by atoms with Crippen LogP contribution in [0.25, 0.3) is 21.8 Å². The fraction of sp³-hybridized carbons (Fsp3) is 0.115. The van der Waals surface area contributed by atoms with Gasteiger partial charge in [-0.1, -0.05) is 60.7 Å². The first-order valence-electron chi connectivity index (χ1n) is 10.0. The number of fused-ring (bicyclic) bond motifs is 2. The minimum atomic E-state index is -0.415. The summed E-state index contributed by atoms with van der Waals surface area (Å²) in [5.74, 6) is -0.373. The van der Waals surface area contributed by atoms with Crippen molar-refractivity contribution in [2.45, 2.75) is 12.8 Å². The van der Waals surface area contributed by atoms with Crippen LogP contribution in [0.3, 0.4) is 0 Å². The molecule has 0 fully saturated rings. The van der Waals surface area contributed by atoms with Crippen LogP contribution in [-0.4, -0.2) is 14.7 Å². The van der Waals surface area contributed by atoms with Crippen molar-refractivity contribution < 1.29 is 5.11 Å². The maximum atomic E-state index is 13.5. The molecule has 0 aliphatic heterocycles. The molecule has 1 unspecified atom stereocenters. The van der Waals surface area contributed by atoms with Gasteiger partial charge in [0.05, 0.1) is 17.0 Å². The predicted octanol–water partition coefficient (Wildman–Crippen LogP) is 5.21. The fourth-order valence-electron chi connectivity index (χ4n) is 4.48. The van der Waals surface area contributed by atoms with E-state index in [-0.39, 0.29) is 11.3 Å². The summed E-state index contributed by atoms with van der Waals surface area (Å²) in [5, 5.41) is 13.1. The van der Waals surface area contributed by atoms with Gasteiger partial charge in [-0.3, -0.25) is 4.79 Å². The summed E-state index contributed by atoms with van der Waals surface area (Å²) in [6, 6.07) is 25.5. The van der Waals surface area contributed by atoms with E-state index in [0.29, 0.717) is 16.5 Å². The molecule has 0 radical (unpaired) electrons. The molecule has 0 saturated carbocycles. The largest absolute Gasteiger partial charge is 0.507 e. The van der Waals surface area contributed by atoms with E-state index < -0.39 is 5.92 Å². The molecular formula is C26H22N2O2. The van der Waals surface area contributed by atoms with Gasteiger partial charge in [-0.15, -0.1) is 0 Å². The molecule has 0 amide bonds. The number of aryl methyl sites for hydroxylation is 2. The van der Waals surface area contributed by atoms with Crippen molar-refractivity contribution in [2.75, 3.05) is 0 Å². The Kier molecular flexibility index (Phi) is 4.21. The molecule has 0 spiro atoms. The SMILES string of the molecule is Cc1c(C(c2ccccc2)c2c(O)c3ccccc3n(C)c2=O)[nH]c2ccccc12. The van der Waals surface area contributed by atoms with Crippen LogP contribution in [0.5, 0.6) is 5.75 Å². The van der Waals surface area contributed by atoms with Gasteiger partial charge < -0.3 is 14.7 Å². The number of pyridine rings is 1. The van der Waals surface area contributed by atoms with Crippen LogP contribution in [0.15, 0.2) is 83.7 Å². The Bertz CT molecular complexity index is 1450. The summed E-state index contributed by atoms with van der Waals surface area (Å²) in [6.45, 7) is 2.06. The molecule has 2 heterocycles. The van der Waals surface area contributed by atoms with Gasteiger partial charge in [0.1, 0.15) is 5.75 Å². The van der Waals surface area contributed by atoms with Gasteiger partial charge in [0.25, 0.3) is 5.56 Å². The molecule has 2 aromatic heterocycles. The monoisotopic (exact) mass is 394 g/mol. The third-order valence-corrected chi connectivity index (χ3v) is 6.03. The summed E-state index contributed by atoms with van der Waals surface area (Å²) >= 11 is 0. The predicted molar refractivity (Wildman–Crippen MR) is 121 cm³/mol. The summed E-state index contributed by atoms with van der Waals surface area (Å²) in [5.41, 5.74) is 4.87. The second-order valence-corrected chi connectivity index (χ2v) is 7.70. The highest BCUT2D eigenvalue weighted by molar-refractivity contribution is 5.88. The highest BCUT2D eigenvalue weighted by atomic mass is 16.3. The maximum absolute atomic E-state index is 13.5. The topological polar surface area (TPSA) is 58.0 Å². The van der Waals surface area contributed by atoms with E-state index in [0.717, 1.165) is 27.7 Å². The molecule has 2 N–H and O–H groups in total. The van der Waals surface area contributed by atoms with E-state index in [9.17, 15) is 9.90 Å². The number of benzene rings is 3. The zero-order valence-electron chi connectivity index (χ0n) is 16.9. The number of hydrogen-bond donors (Lipinski definition) is 2. The summed E-state index contributed by atoms with van der Waals surface area (Å²) in [4.78, 5) is 17.0. The van der Waals surface area contributed by atoms with Crippen LogP contribution < -0.4 is 5.56 Å². The Balaban J connectivity index is 1.90. The average molecular weight is 394 g/mol. The number of H-pyrrole nitrogens is 1.